The first kappa shape index (κ1) is 15.0. The van der Waals surface area contributed by atoms with Gasteiger partial charge < -0.3 is 9.13 Å². The quantitative estimate of drug-likeness (QED) is 0.765. The van der Waals surface area contributed by atoms with Gasteiger partial charge in [-0.05, 0) is 55.4 Å². The van der Waals surface area contributed by atoms with Crippen LogP contribution in [0.15, 0.2) is 18.5 Å². The average molecular weight is 272 g/mol. The summed E-state index contributed by atoms with van der Waals surface area (Å²) in [7, 11) is 2.15. The van der Waals surface area contributed by atoms with Crippen LogP contribution in [-0.2, 0) is 26.4 Å². The van der Waals surface area contributed by atoms with Crippen molar-refractivity contribution in [1.82, 2.24) is 9.13 Å². The molecule has 0 atom stereocenters. The lowest BCUT2D eigenvalue weighted by molar-refractivity contribution is 0.671. The molecule has 0 saturated heterocycles. The molecule has 0 aliphatic heterocycles. The molecule has 0 radical (unpaired) electrons. The summed E-state index contributed by atoms with van der Waals surface area (Å²) in [6, 6.07) is 2.26. The highest BCUT2D eigenvalue weighted by molar-refractivity contribution is 5.34. The Morgan fingerprint density at radius 2 is 1.80 bits per heavy atom. The molecule has 0 fully saturated rings. The molecule has 0 unspecified atom stereocenters. The zero-order valence-electron chi connectivity index (χ0n) is 13.8. The molecule has 0 spiro atoms. The SMILES string of the molecule is CCc1ccn(CCc2cn(C)c(C)c2C(C)C)c1C. The molecule has 0 saturated carbocycles. The predicted octanol–water partition coefficient (Wildman–Crippen LogP) is 4.37. The minimum Gasteiger partial charge on any atom is -0.354 e. The normalized spacial score (nSPS) is 11.6. The van der Waals surface area contributed by atoms with E-state index in [2.05, 4.69) is 69.3 Å². The summed E-state index contributed by atoms with van der Waals surface area (Å²) in [6.45, 7) is 12.4. The topological polar surface area (TPSA) is 9.86 Å². The van der Waals surface area contributed by atoms with Gasteiger partial charge >= 0.3 is 0 Å². The summed E-state index contributed by atoms with van der Waals surface area (Å²) in [5, 5.41) is 0. The van der Waals surface area contributed by atoms with E-state index >= 15 is 0 Å². The number of aromatic nitrogens is 2. The minimum absolute atomic E-state index is 0.600. The molecule has 0 aliphatic rings. The Bertz CT molecular complexity index is 585. The fourth-order valence-corrected chi connectivity index (χ4v) is 3.26. The number of nitrogens with zero attached hydrogens (tertiary/aromatic N) is 2. The van der Waals surface area contributed by atoms with Crippen LogP contribution in [0.4, 0.5) is 0 Å². The minimum atomic E-state index is 0.600. The Morgan fingerprint density at radius 1 is 1.10 bits per heavy atom. The van der Waals surface area contributed by atoms with Gasteiger partial charge in [0.05, 0.1) is 0 Å². The first-order chi connectivity index (χ1) is 9.45. The van der Waals surface area contributed by atoms with Crippen LogP contribution in [0.2, 0.25) is 0 Å². The van der Waals surface area contributed by atoms with Crippen molar-refractivity contribution in [3.8, 4) is 0 Å². The third-order valence-corrected chi connectivity index (χ3v) is 4.55. The highest BCUT2D eigenvalue weighted by atomic mass is 15.0. The molecule has 0 aromatic carbocycles. The molecule has 2 heterocycles. The largest absolute Gasteiger partial charge is 0.354 e. The van der Waals surface area contributed by atoms with E-state index in [0.29, 0.717) is 5.92 Å². The molecule has 0 amide bonds. The fraction of sp³-hybridized carbons (Fsp3) is 0.556. The summed E-state index contributed by atoms with van der Waals surface area (Å²) >= 11 is 0. The van der Waals surface area contributed by atoms with Crippen molar-refractivity contribution < 1.29 is 0 Å². The van der Waals surface area contributed by atoms with Crippen LogP contribution < -0.4 is 0 Å². The first-order valence-electron chi connectivity index (χ1n) is 7.75. The van der Waals surface area contributed by atoms with Gasteiger partial charge in [0, 0.05) is 37.4 Å². The van der Waals surface area contributed by atoms with Gasteiger partial charge in [-0.15, -0.1) is 0 Å². The second kappa shape index (κ2) is 5.90. The standard InChI is InChI=1S/C18H28N2/c1-7-16-8-10-20(14(16)4)11-9-17-12-19(6)15(5)18(17)13(2)3/h8,10,12-13H,7,9,11H2,1-6H3. The summed E-state index contributed by atoms with van der Waals surface area (Å²) in [4.78, 5) is 0. The van der Waals surface area contributed by atoms with Gasteiger partial charge in [0.1, 0.15) is 0 Å². The molecular formula is C18H28N2. The van der Waals surface area contributed by atoms with Crippen molar-refractivity contribution in [2.75, 3.05) is 0 Å². The monoisotopic (exact) mass is 272 g/mol. The van der Waals surface area contributed by atoms with Crippen LogP contribution in [0.3, 0.4) is 0 Å². The second-order valence-electron chi connectivity index (χ2n) is 6.14. The zero-order chi connectivity index (χ0) is 14.9. The summed E-state index contributed by atoms with van der Waals surface area (Å²) in [6.07, 6.45) is 6.79. The summed E-state index contributed by atoms with van der Waals surface area (Å²) < 4.78 is 4.66. The van der Waals surface area contributed by atoms with E-state index in [1.807, 2.05) is 0 Å². The maximum absolute atomic E-state index is 2.39. The first-order valence-corrected chi connectivity index (χ1v) is 7.75. The Kier molecular flexibility index (Phi) is 4.42. The van der Waals surface area contributed by atoms with E-state index in [-0.39, 0.29) is 0 Å². The lowest BCUT2D eigenvalue weighted by atomic mass is 9.97. The number of aryl methyl sites for hydroxylation is 4. The van der Waals surface area contributed by atoms with Crippen molar-refractivity contribution >= 4 is 0 Å². The second-order valence-corrected chi connectivity index (χ2v) is 6.14. The lowest BCUT2D eigenvalue weighted by Gasteiger charge is -2.11. The highest BCUT2D eigenvalue weighted by Crippen LogP contribution is 2.25. The van der Waals surface area contributed by atoms with Crippen LogP contribution in [0.5, 0.6) is 0 Å². The Labute approximate surface area is 123 Å². The molecular weight excluding hydrogens is 244 g/mol. The summed E-state index contributed by atoms with van der Waals surface area (Å²) in [5.41, 5.74) is 7.34. The van der Waals surface area contributed by atoms with Crippen LogP contribution in [0.25, 0.3) is 0 Å². The van der Waals surface area contributed by atoms with Gasteiger partial charge in [0.2, 0.25) is 0 Å². The third-order valence-electron chi connectivity index (χ3n) is 4.55. The van der Waals surface area contributed by atoms with Crippen LogP contribution in [0.1, 0.15) is 54.8 Å². The Hall–Kier alpha value is -1.44. The zero-order valence-corrected chi connectivity index (χ0v) is 13.8. The van der Waals surface area contributed by atoms with Crippen LogP contribution in [-0.4, -0.2) is 9.13 Å². The molecule has 0 N–H and O–H groups in total. The van der Waals surface area contributed by atoms with Gasteiger partial charge in [-0.1, -0.05) is 20.8 Å². The highest BCUT2D eigenvalue weighted by Gasteiger charge is 2.14. The molecule has 2 nitrogen and oxygen atoms in total. The smallest absolute Gasteiger partial charge is 0.0263 e. The van der Waals surface area contributed by atoms with Gasteiger partial charge in [-0.2, -0.15) is 0 Å². The number of hydrogen-bond donors (Lipinski definition) is 0. The number of rotatable bonds is 5. The maximum atomic E-state index is 2.39. The molecule has 20 heavy (non-hydrogen) atoms. The average Bonchev–Trinajstić information content (AvgIpc) is 2.88. The summed E-state index contributed by atoms with van der Waals surface area (Å²) in [5.74, 6) is 0.600. The molecule has 2 rings (SSSR count). The number of hydrogen-bond acceptors (Lipinski definition) is 0. The van der Waals surface area contributed by atoms with E-state index < -0.39 is 0 Å². The van der Waals surface area contributed by atoms with Crippen molar-refractivity contribution in [2.45, 2.75) is 59.9 Å². The molecule has 2 aromatic heterocycles. The third kappa shape index (κ3) is 2.70. The molecule has 2 heteroatoms. The molecule has 110 valence electrons. The van der Waals surface area contributed by atoms with Crippen molar-refractivity contribution in [1.29, 1.82) is 0 Å². The van der Waals surface area contributed by atoms with Gasteiger partial charge in [0.25, 0.3) is 0 Å². The molecule has 0 bridgehead atoms. The predicted molar refractivity (Wildman–Crippen MR) is 86.5 cm³/mol. The van der Waals surface area contributed by atoms with Crippen LogP contribution in [0, 0.1) is 13.8 Å². The van der Waals surface area contributed by atoms with E-state index in [1.54, 1.807) is 0 Å². The Balaban J connectivity index is 2.19. The van der Waals surface area contributed by atoms with Gasteiger partial charge in [-0.25, -0.2) is 0 Å². The van der Waals surface area contributed by atoms with E-state index in [1.165, 1.54) is 28.1 Å². The van der Waals surface area contributed by atoms with Crippen molar-refractivity contribution in [3.63, 3.8) is 0 Å². The van der Waals surface area contributed by atoms with Gasteiger partial charge in [0.15, 0.2) is 0 Å². The van der Waals surface area contributed by atoms with Crippen LogP contribution >= 0.6 is 0 Å². The van der Waals surface area contributed by atoms with Crippen molar-refractivity contribution in [3.05, 3.63) is 46.5 Å². The lowest BCUT2D eigenvalue weighted by Crippen LogP contribution is -2.04. The van der Waals surface area contributed by atoms with E-state index in [9.17, 15) is 0 Å². The van der Waals surface area contributed by atoms with Crippen molar-refractivity contribution in [2.24, 2.45) is 7.05 Å². The fourth-order valence-electron chi connectivity index (χ4n) is 3.26. The molecule has 2 aromatic rings. The Morgan fingerprint density at radius 3 is 2.35 bits per heavy atom. The van der Waals surface area contributed by atoms with Gasteiger partial charge in [-0.3, -0.25) is 0 Å². The molecule has 0 aliphatic carbocycles. The maximum Gasteiger partial charge on any atom is 0.0263 e. The van der Waals surface area contributed by atoms with E-state index in [4.69, 9.17) is 0 Å². The van der Waals surface area contributed by atoms with E-state index in [0.717, 1.165) is 19.4 Å².